The molecule has 13 heavy (non-hydrogen) atoms. The standard InChI is InChI=1S/C8H5ClN2OS/c9-13-12-8(6-10)11-7-4-2-1-3-5-7/h1-5H. The normalized spacial score (nSPS) is 10.6. The number of nitriles is 1. The summed E-state index contributed by atoms with van der Waals surface area (Å²) in [6, 6.07) is 10.8. The molecule has 0 aliphatic rings. The van der Waals surface area contributed by atoms with E-state index in [-0.39, 0.29) is 5.90 Å². The zero-order valence-electron chi connectivity index (χ0n) is 6.48. The Balaban J connectivity index is 2.81. The third kappa shape index (κ3) is 3.36. The largest absolute Gasteiger partial charge is 0.378 e. The molecule has 66 valence electrons. The SMILES string of the molecule is N#CC(=Nc1ccccc1)OSCl. The maximum Gasteiger partial charge on any atom is 0.309 e. The second-order valence-electron chi connectivity index (χ2n) is 2.01. The third-order valence-electron chi connectivity index (χ3n) is 1.19. The summed E-state index contributed by atoms with van der Waals surface area (Å²) in [5, 5.41) is 8.54. The number of para-hydroxylation sites is 1. The van der Waals surface area contributed by atoms with Gasteiger partial charge in [0.25, 0.3) is 0 Å². The molecule has 0 aliphatic heterocycles. The van der Waals surface area contributed by atoms with E-state index < -0.39 is 0 Å². The highest BCUT2D eigenvalue weighted by Gasteiger charge is 1.98. The Morgan fingerprint density at radius 3 is 2.69 bits per heavy atom. The molecule has 0 spiro atoms. The van der Waals surface area contributed by atoms with E-state index in [1.807, 2.05) is 18.2 Å². The number of nitrogens with zero attached hydrogens (tertiary/aromatic N) is 2. The van der Waals surface area contributed by atoms with Crippen molar-refractivity contribution in [1.82, 2.24) is 0 Å². The molecule has 1 aromatic carbocycles. The highest BCUT2D eigenvalue weighted by atomic mass is 35.7. The van der Waals surface area contributed by atoms with Gasteiger partial charge in [-0.1, -0.05) is 18.2 Å². The fourth-order valence-electron chi connectivity index (χ4n) is 0.712. The van der Waals surface area contributed by atoms with Gasteiger partial charge in [0, 0.05) is 10.7 Å². The molecule has 1 aromatic rings. The second-order valence-corrected chi connectivity index (χ2v) is 2.68. The molecule has 0 atom stereocenters. The zero-order valence-corrected chi connectivity index (χ0v) is 8.05. The Hall–Kier alpha value is -1.18. The topological polar surface area (TPSA) is 45.4 Å². The van der Waals surface area contributed by atoms with E-state index in [4.69, 9.17) is 15.9 Å². The Morgan fingerprint density at radius 2 is 2.15 bits per heavy atom. The van der Waals surface area contributed by atoms with E-state index in [0.717, 1.165) is 0 Å². The summed E-state index contributed by atoms with van der Waals surface area (Å²) in [4.78, 5) is 3.89. The highest BCUT2D eigenvalue weighted by molar-refractivity contribution is 8.17. The Morgan fingerprint density at radius 1 is 1.46 bits per heavy atom. The first-order chi connectivity index (χ1) is 6.36. The lowest BCUT2D eigenvalue weighted by Gasteiger charge is -1.94. The smallest absolute Gasteiger partial charge is 0.309 e. The van der Waals surface area contributed by atoms with Crippen LogP contribution in [0.3, 0.4) is 0 Å². The average Bonchev–Trinajstić information content (AvgIpc) is 2.19. The molecule has 0 amide bonds. The van der Waals surface area contributed by atoms with Crippen LogP contribution in [0.4, 0.5) is 5.69 Å². The van der Waals surface area contributed by atoms with Crippen molar-refractivity contribution in [3.05, 3.63) is 30.3 Å². The van der Waals surface area contributed by atoms with Crippen LogP contribution in [0.1, 0.15) is 0 Å². The van der Waals surface area contributed by atoms with Gasteiger partial charge < -0.3 is 4.18 Å². The van der Waals surface area contributed by atoms with E-state index in [1.165, 1.54) is 0 Å². The van der Waals surface area contributed by atoms with Gasteiger partial charge in [0.2, 0.25) is 0 Å². The van der Waals surface area contributed by atoms with Crippen LogP contribution >= 0.6 is 21.9 Å². The molecule has 5 heteroatoms. The molecule has 0 heterocycles. The fraction of sp³-hybridized carbons (Fsp3) is 0. The number of halogens is 1. The van der Waals surface area contributed by atoms with Crippen molar-refractivity contribution in [1.29, 1.82) is 5.26 Å². The van der Waals surface area contributed by atoms with Gasteiger partial charge in [0.1, 0.15) is 0 Å². The number of hydrogen-bond donors (Lipinski definition) is 0. The van der Waals surface area contributed by atoms with Crippen LogP contribution in [-0.4, -0.2) is 5.90 Å². The molecule has 3 nitrogen and oxygen atoms in total. The second kappa shape index (κ2) is 5.46. The first kappa shape index (κ1) is 9.90. The fourth-order valence-corrected chi connectivity index (χ4v) is 1.03. The summed E-state index contributed by atoms with van der Waals surface area (Å²) >= 11 is 0.572. The van der Waals surface area contributed by atoms with Gasteiger partial charge in [-0.25, -0.2) is 4.99 Å². The van der Waals surface area contributed by atoms with Crippen molar-refractivity contribution in [2.24, 2.45) is 4.99 Å². The minimum absolute atomic E-state index is 0.0637. The maximum atomic E-state index is 8.54. The minimum Gasteiger partial charge on any atom is -0.378 e. The van der Waals surface area contributed by atoms with Crippen LogP contribution in [0, 0.1) is 11.3 Å². The number of aliphatic imine (C=N–C) groups is 1. The molecule has 0 saturated heterocycles. The number of hydrogen-bond acceptors (Lipinski definition) is 4. The quantitative estimate of drug-likeness (QED) is 0.430. The summed E-state index contributed by atoms with van der Waals surface area (Å²) in [5.41, 5.74) is 0.657. The molecule has 1 rings (SSSR count). The molecule has 0 bridgehead atoms. The monoisotopic (exact) mass is 212 g/mol. The van der Waals surface area contributed by atoms with Crippen LogP contribution < -0.4 is 0 Å². The average molecular weight is 213 g/mol. The van der Waals surface area contributed by atoms with Crippen LogP contribution in [0.15, 0.2) is 35.3 Å². The lowest BCUT2D eigenvalue weighted by Crippen LogP contribution is -1.91. The molecule has 0 saturated carbocycles. The molecule has 0 N–H and O–H groups in total. The summed E-state index contributed by atoms with van der Waals surface area (Å²) in [7, 11) is 5.20. The van der Waals surface area contributed by atoms with Gasteiger partial charge >= 0.3 is 5.90 Å². The van der Waals surface area contributed by atoms with E-state index in [2.05, 4.69) is 9.18 Å². The third-order valence-corrected chi connectivity index (χ3v) is 1.60. The van der Waals surface area contributed by atoms with E-state index in [0.29, 0.717) is 16.9 Å². The summed E-state index contributed by atoms with van der Waals surface area (Å²) in [6.45, 7) is 0. The summed E-state index contributed by atoms with van der Waals surface area (Å²) < 4.78 is 4.67. The molecule has 0 aliphatic carbocycles. The first-order valence-corrected chi connectivity index (χ1v) is 4.92. The molecular weight excluding hydrogens is 208 g/mol. The van der Waals surface area contributed by atoms with Crippen molar-refractivity contribution < 1.29 is 4.18 Å². The van der Waals surface area contributed by atoms with Crippen LogP contribution in [0.2, 0.25) is 0 Å². The van der Waals surface area contributed by atoms with E-state index in [9.17, 15) is 0 Å². The van der Waals surface area contributed by atoms with Crippen LogP contribution in [-0.2, 0) is 4.18 Å². The van der Waals surface area contributed by atoms with E-state index >= 15 is 0 Å². The van der Waals surface area contributed by atoms with Gasteiger partial charge in [-0.05, 0) is 12.1 Å². The lowest BCUT2D eigenvalue weighted by molar-refractivity contribution is 0.663. The molecule has 0 aromatic heterocycles. The lowest BCUT2D eigenvalue weighted by atomic mass is 10.3. The zero-order chi connectivity index (χ0) is 9.52. The molecule has 0 radical (unpaired) electrons. The van der Waals surface area contributed by atoms with Crippen molar-refractivity contribution in [3.63, 3.8) is 0 Å². The summed E-state index contributed by atoms with van der Waals surface area (Å²) in [6.07, 6.45) is 0. The van der Waals surface area contributed by atoms with Crippen molar-refractivity contribution in [2.45, 2.75) is 0 Å². The van der Waals surface area contributed by atoms with E-state index in [1.54, 1.807) is 18.2 Å². The highest BCUT2D eigenvalue weighted by Crippen LogP contribution is 2.14. The molecule has 0 unspecified atom stereocenters. The van der Waals surface area contributed by atoms with Gasteiger partial charge in [-0.2, -0.15) is 5.26 Å². The van der Waals surface area contributed by atoms with Crippen molar-refractivity contribution >= 4 is 33.5 Å². The van der Waals surface area contributed by atoms with Crippen LogP contribution in [0.5, 0.6) is 0 Å². The molecule has 0 fully saturated rings. The Bertz CT molecular complexity index is 334. The van der Waals surface area contributed by atoms with Gasteiger partial charge in [0.15, 0.2) is 17.3 Å². The Kier molecular flexibility index (Phi) is 4.16. The van der Waals surface area contributed by atoms with Crippen molar-refractivity contribution in [2.75, 3.05) is 0 Å². The minimum atomic E-state index is -0.0637. The van der Waals surface area contributed by atoms with Gasteiger partial charge in [-0.3, -0.25) is 0 Å². The number of rotatable bonds is 2. The maximum absolute atomic E-state index is 8.54. The predicted octanol–water partition coefficient (Wildman–Crippen LogP) is 3.06. The van der Waals surface area contributed by atoms with Gasteiger partial charge in [0.05, 0.1) is 5.69 Å². The van der Waals surface area contributed by atoms with Crippen LogP contribution in [0.25, 0.3) is 0 Å². The molecular formula is C8H5ClN2OS. The first-order valence-electron chi connectivity index (χ1n) is 3.36. The predicted molar refractivity (Wildman–Crippen MR) is 53.7 cm³/mol. The number of benzene rings is 1. The van der Waals surface area contributed by atoms with Crippen molar-refractivity contribution in [3.8, 4) is 6.07 Å². The Labute approximate surface area is 84.7 Å². The summed E-state index contributed by atoms with van der Waals surface area (Å²) in [5.74, 6) is -0.0637. The van der Waals surface area contributed by atoms with Gasteiger partial charge in [-0.15, -0.1) is 0 Å².